The molecule has 1 N–H and O–H groups in total. The number of hydrogen-bond donors (Lipinski definition) is 1. The van der Waals surface area contributed by atoms with E-state index in [1.54, 1.807) is 4.68 Å². The van der Waals surface area contributed by atoms with Gasteiger partial charge < -0.3 is 5.32 Å². The van der Waals surface area contributed by atoms with E-state index in [2.05, 4.69) is 34.2 Å². The Morgan fingerprint density at radius 3 is 2.35 bits per heavy atom. The van der Waals surface area contributed by atoms with E-state index >= 15 is 0 Å². The molecule has 0 aliphatic carbocycles. The van der Waals surface area contributed by atoms with Crippen LogP contribution in [-0.4, -0.2) is 32.3 Å². The van der Waals surface area contributed by atoms with Crippen LogP contribution in [0.1, 0.15) is 30.8 Å². The smallest absolute Gasteiger partial charge is 0.180 e. The molecule has 0 amide bonds. The van der Waals surface area contributed by atoms with Crippen LogP contribution >= 0.6 is 0 Å². The molecule has 5 heteroatoms. The number of rotatable bonds is 5. The van der Waals surface area contributed by atoms with Crippen molar-refractivity contribution in [3.63, 3.8) is 0 Å². The highest BCUT2D eigenvalue weighted by Crippen LogP contribution is 2.17. The van der Waals surface area contributed by atoms with Crippen molar-refractivity contribution in [2.45, 2.75) is 40.2 Å². The molecule has 0 saturated heterocycles. The normalized spacial score (nSPS) is 11.3. The van der Waals surface area contributed by atoms with E-state index in [-0.39, 0.29) is 0 Å². The summed E-state index contributed by atoms with van der Waals surface area (Å²) < 4.78 is 1.77. The first-order valence-electron chi connectivity index (χ1n) is 7.05. The number of nitrogens with one attached hydrogen (secondary N) is 1. The maximum Gasteiger partial charge on any atom is 0.180 e. The summed E-state index contributed by atoms with van der Waals surface area (Å²) in [4.78, 5) is 9.20. The highest BCUT2D eigenvalue weighted by atomic mass is 15.3. The van der Waals surface area contributed by atoms with Gasteiger partial charge in [0.25, 0.3) is 0 Å². The van der Waals surface area contributed by atoms with Crippen LogP contribution in [0.4, 0.5) is 0 Å². The minimum Gasteiger partial charge on any atom is -0.314 e. The van der Waals surface area contributed by atoms with E-state index in [9.17, 15) is 0 Å². The minimum atomic E-state index is 0.504. The molecule has 0 spiro atoms. The molecule has 5 nitrogen and oxygen atoms in total. The summed E-state index contributed by atoms with van der Waals surface area (Å²) in [7, 11) is 1.90. The average molecular weight is 273 g/mol. The summed E-state index contributed by atoms with van der Waals surface area (Å²) in [6.07, 6.45) is 2.86. The van der Waals surface area contributed by atoms with E-state index in [0.29, 0.717) is 11.9 Å². The van der Waals surface area contributed by atoms with Gasteiger partial charge in [-0.05, 0) is 38.4 Å². The van der Waals surface area contributed by atoms with Gasteiger partial charge in [0, 0.05) is 30.7 Å². The topological polar surface area (TPSA) is 55.6 Å². The van der Waals surface area contributed by atoms with Gasteiger partial charge in [0.1, 0.15) is 5.69 Å². The molecule has 108 valence electrons. The third-order valence-electron chi connectivity index (χ3n) is 3.29. The fourth-order valence-corrected chi connectivity index (χ4v) is 2.24. The van der Waals surface area contributed by atoms with Gasteiger partial charge in [-0.1, -0.05) is 13.8 Å². The van der Waals surface area contributed by atoms with Crippen molar-refractivity contribution in [1.82, 2.24) is 25.1 Å². The summed E-state index contributed by atoms with van der Waals surface area (Å²) in [6, 6.07) is 2.44. The molecule has 2 aromatic rings. The van der Waals surface area contributed by atoms with Crippen LogP contribution in [-0.2, 0) is 13.5 Å². The molecule has 0 unspecified atom stereocenters. The molecular weight excluding hydrogens is 250 g/mol. The van der Waals surface area contributed by atoms with Crippen LogP contribution in [0, 0.1) is 13.8 Å². The lowest BCUT2D eigenvalue weighted by Crippen LogP contribution is -2.25. The molecule has 0 aromatic carbocycles. The first-order valence-corrected chi connectivity index (χ1v) is 7.05. The summed E-state index contributed by atoms with van der Waals surface area (Å²) in [6.45, 7) is 9.35. The predicted molar refractivity (Wildman–Crippen MR) is 80.6 cm³/mol. The van der Waals surface area contributed by atoms with Gasteiger partial charge in [0.05, 0.1) is 0 Å². The Bertz CT molecular complexity index is 563. The number of aromatic nitrogens is 4. The lowest BCUT2D eigenvalue weighted by molar-refractivity contribution is 0.587. The molecule has 0 fully saturated rings. The zero-order valence-electron chi connectivity index (χ0n) is 12.9. The maximum atomic E-state index is 4.60. The number of hydrogen-bond acceptors (Lipinski definition) is 4. The molecule has 2 heterocycles. The van der Waals surface area contributed by atoms with Gasteiger partial charge in [0.15, 0.2) is 5.82 Å². The van der Waals surface area contributed by atoms with Crippen LogP contribution in [0.15, 0.2) is 12.3 Å². The zero-order valence-corrected chi connectivity index (χ0v) is 12.9. The highest BCUT2D eigenvalue weighted by molar-refractivity contribution is 5.49. The quantitative estimate of drug-likeness (QED) is 0.905. The van der Waals surface area contributed by atoms with Crippen molar-refractivity contribution in [2.75, 3.05) is 6.54 Å². The van der Waals surface area contributed by atoms with E-state index in [4.69, 9.17) is 0 Å². The summed E-state index contributed by atoms with van der Waals surface area (Å²) >= 11 is 0. The monoisotopic (exact) mass is 273 g/mol. The molecule has 0 aliphatic heterocycles. The minimum absolute atomic E-state index is 0.504. The first-order chi connectivity index (χ1) is 9.47. The third-order valence-corrected chi connectivity index (χ3v) is 3.29. The Balaban J connectivity index is 2.20. The van der Waals surface area contributed by atoms with E-state index < -0.39 is 0 Å². The van der Waals surface area contributed by atoms with Crippen LogP contribution in [0.5, 0.6) is 0 Å². The van der Waals surface area contributed by atoms with Gasteiger partial charge in [-0.2, -0.15) is 5.10 Å². The second-order valence-electron chi connectivity index (χ2n) is 5.43. The van der Waals surface area contributed by atoms with Gasteiger partial charge >= 0.3 is 0 Å². The fourth-order valence-electron chi connectivity index (χ4n) is 2.24. The summed E-state index contributed by atoms with van der Waals surface area (Å²) in [5.41, 5.74) is 4.15. The summed E-state index contributed by atoms with van der Waals surface area (Å²) in [5, 5.41) is 7.78. The zero-order chi connectivity index (χ0) is 14.7. The largest absolute Gasteiger partial charge is 0.314 e. The molecule has 0 atom stereocenters. The molecule has 2 rings (SSSR count). The maximum absolute atomic E-state index is 4.60. The average Bonchev–Trinajstić information content (AvgIpc) is 2.79. The second-order valence-corrected chi connectivity index (χ2v) is 5.43. The molecule has 0 bridgehead atoms. The Labute approximate surface area is 120 Å². The predicted octanol–water partition coefficient (Wildman–Crippen LogP) is 2.03. The molecule has 0 radical (unpaired) electrons. The van der Waals surface area contributed by atoms with Crippen LogP contribution in [0.2, 0.25) is 0 Å². The highest BCUT2D eigenvalue weighted by Gasteiger charge is 2.11. The number of aryl methyl sites for hydroxylation is 3. The lowest BCUT2D eigenvalue weighted by atomic mass is 10.1. The summed E-state index contributed by atoms with van der Waals surface area (Å²) in [5.74, 6) is 0.709. The van der Waals surface area contributed by atoms with E-state index in [1.165, 1.54) is 5.56 Å². The van der Waals surface area contributed by atoms with Gasteiger partial charge in [0.2, 0.25) is 0 Å². The Morgan fingerprint density at radius 1 is 1.20 bits per heavy atom. The van der Waals surface area contributed by atoms with Crippen molar-refractivity contribution >= 4 is 0 Å². The van der Waals surface area contributed by atoms with Crippen molar-refractivity contribution in [2.24, 2.45) is 7.05 Å². The number of nitrogens with zero attached hydrogens (tertiary/aromatic N) is 4. The van der Waals surface area contributed by atoms with Crippen LogP contribution in [0.3, 0.4) is 0 Å². The molecule has 20 heavy (non-hydrogen) atoms. The Morgan fingerprint density at radius 2 is 1.85 bits per heavy atom. The van der Waals surface area contributed by atoms with Crippen molar-refractivity contribution in [3.05, 3.63) is 29.2 Å². The van der Waals surface area contributed by atoms with E-state index in [1.807, 2.05) is 33.2 Å². The lowest BCUT2D eigenvalue weighted by Gasteiger charge is -2.12. The molecule has 2 aromatic heterocycles. The van der Waals surface area contributed by atoms with Crippen molar-refractivity contribution < 1.29 is 0 Å². The second kappa shape index (κ2) is 6.13. The molecule has 0 aliphatic rings. The molecular formula is C15H23N5. The van der Waals surface area contributed by atoms with Crippen LogP contribution < -0.4 is 5.32 Å². The standard InChI is InChI=1S/C15H23N5/c1-10(2)16-8-6-13-11(3)17-15(18-12(13)4)14-7-9-20(5)19-14/h7,9-10,16H,6,8H2,1-5H3. The third kappa shape index (κ3) is 3.42. The SMILES string of the molecule is Cc1nc(-c2ccn(C)n2)nc(C)c1CCNC(C)C. The van der Waals surface area contributed by atoms with Gasteiger partial charge in [-0.15, -0.1) is 0 Å². The Kier molecular flexibility index (Phi) is 4.49. The van der Waals surface area contributed by atoms with Gasteiger partial charge in [-0.3, -0.25) is 4.68 Å². The van der Waals surface area contributed by atoms with Crippen molar-refractivity contribution in [1.29, 1.82) is 0 Å². The van der Waals surface area contributed by atoms with Crippen molar-refractivity contribution in [3.8, 4) is 11.5 Å². The molecule has 0 saturated carbocycles. The Hall–Kier alpha value is -1.75. The first kappa shape index (κ1) is 14.7. The van der Waals surface area contributed by atoms with E-state index in [0.717, 1.165) is 30.0 Å². The fraction of sp³-hybridized carbons (Fsp3) is 0.533. The van der Waals surface area contributed by atoms with Gasteiger partial charge in [-0.25, -0.2) is 9.97 Å². The van der Waals surface area contributed by atoms with Crippen LogP contribution in [0.25, 0.3) is 11.5 Å².